The maximum absolute atomic E-state index is 12.9. The fourth-order valence-electron chi connectivity index (χ4n) is 3.62. The van der Waals surface area contributed by atoms with E-state index in [1.165, 1.54) is 19.4 Å². The molecule has 0 fully saturated rings. The molecule has 4 rings (SSSR count). The SMILES string of the molecule is COc1ccc(-c2cc(C(=O)NCCc3cccc(C(F)(F)F)c3)cnc2-c2ccccc2)cn1. The van der Waals surface area contributed by atoms with Gasteiger partial charge < -0.3 is 10.1 Å². The van der Waals surface area contributed by atoms with Gasteiger partial charge in [-0.2, -0.15) is 13.2 Å². The normalized spacial score (nSPS) is 11.2. The average Bonchev–Trinajstić information content (AvgIpc) is 2.88. The van der Waals surface area contributed by atoms with Crippen molar-refractivity contribution in [3.63, 3.8) is 0 Å². The molecule has 1 amide bonds. The standard InChI is InChI=1S/C27H22F3N3O2/c1-35-24-11-10-20(16-32-24)23-15-21(17-33-25(23)19-7-3-2-4-8-19)26(34)31-13-12-18-6-5-9-22(14-18)27(28,29)30/h2-11,14-17H,12-13H2,1H3,(H,31,34). The number of alkyl halides is 3. The van der Waals surface area contributed by atoms with Crippen LogP contribution in [0.25, 0.3) is 22.4 Å². The third-order valence-electron chi connectivity index (χ3n) is 5.41. The van der Waals surface area contributed by atoms with E-state index in [0.29, 0.717) is 22.7 Å². The predicted octanol–water partition coefficient (Wildman–Crippen LogP) is 5.81. The number of ether oxygens (including phenoxy) is 1. The van der Waals surface area contributed by atoms with Crippen molar-refractivity contribution in [3.8, 4) is 28.3 Å². The van der Waals surface area contributed by atoms with Crippen LogP contribution in [0.2, 0.25) is 0 Å². The van der Waals surface area contributed by atoms with Crippen LogP contribution in [0.15, 0.2) is 85.2 Å². The molecular formula is C27H22F3N3O2. The van der Waals surface area contributed by atoms with Crippen molar-refractivity contribution in [1.82, 2.24) is 15.3 Å². The highest BCUT2D eigenvalue weighted by atomic mass is 19.4. The van der Waals surface area contributed by atoms with Gasteiger partial charge in [0.05, 0.1) is 23.9 Å². The number of amides is 1. The molecule has 2 aromatic carbocycles. The Kier molecular flexibility index (Phi) is 7.10. The van der Waals surface area contributed by atoms with E-state index in [4.69, 9.17) is 4.74 Å². The molecule has 4 aromatic rings. The first-order valence-electron chi connectivity index (χ1n) is 10.9. The quantitative estimate of drug-likeness (QED) is 0.365. The summed E-state index contributed by atoms with van der Waals surface area (Å²) in [6, 6.07) is 20.0. The minimum absolute atomic E-state index is 0.181. The number of rotatable bonds is 7. The summed E-state index contributed by atoms with van der Waals surface area (Å²) >= 11 is 0. The highest BCUT2D eigenvalue weighted by molar-refractivity contribution is 5.96. The summed E-state index contributed by atoms with van der Waals surface area (Å²) in [6.07, 6.45) is -1.00. The van der Waals surface area contributed by atoms with E-state index in [2.05, 4.69) is 15.3 Å². The summed E-state index contributed by atoms with van der Waals surface area (Å²) < 4.78 is 43.9. The zero-order valence-corrected chi connectivity index (χ0v) is 18.8. The molecule has 0 radical (unpaired) electrons. The number of nitrogens with one attached hydrogen (secondary N) is 1. The predicted molar refractivity (Wildman–Crippen MR) is 127 cm³/mol. The summed E-state index contributed by atoms with van der Waals surface area (Å²) in [5.74, 6) is 0.0956. The van der Waals surface area contributed by atoms with E-state index in [1.807, 2.05) is 36.4 Å². The summed E-state index contributed by atoms with van der Waals surface area (Å²) in [7, 11) is 1.53. The van der Waals surface area contributed by atoms with Gasteiger partial charge in [-0.25, -0.2) is 4.98 Å². The van der Waals surface area contributed by atoms with Crippen molar-refractivity contribution < 1.29 is 22.7 Å². The summed E-state index contributed by atoms with van der Waals surface area (Å²) in [4.78, 5) is 21.6. The molecule has 8 heteroatoms. The Morgan fingerprint density at radius 3 is 2.40 bits per heavy atom. The highest BCUT2D eigenvalue weighted by Gasteiger charge is 2.30. The van der Waals surface area contributed by atoms with Crippen molar-refractivity contribution in [3.05, 3.63) is 102 Å². The molecule has 0 saturated heterocycles. The molecule has 0 unspecified atom stereocenters. The van der Waals surface area contributed by atoms with Gasteiger partial charge in [0.1, 0.15) is 0 Å². The van der Waals surface area contributed by atoms with Crippen molar-refractivity contribution in [2.45, 2.75) is 12.6 Å². The van der Waals surface area contributed by atoms with Crippen LogP contribution in [-0.4, -0.2) is 29.5 Å². The van der Waals surface area contributed by atoms with Crippen LogP contribution in [0, 0.1) is 0 Å². The molecular weight excluding hydrogens is 455 g/mol. The lowest BCUT2D eigenvalue weighted by atomic mass is 9.99. The fourth-order valence-corrected chi connectivity index (χ4v) is 3.62. The molecule has 0 atom stereocenters. The zero-order valence-electron chi connectivity index (χ0n) is 18.8. The molecule has 35 heavy (non-hydrogen) atoms. The Morgan fingerprint density at radius 1 is 0.914 bits per heavy atom. The van der Waals surface area contributed by atoms with Crippen LogP contribution in [0.4, 0.5) is 13.2 Å². The second kappa shape index (κ2) is 10.4. The molecule has 0 aliphatic carbocycles. The molecule has 2 aromatic heterocycles. The Morgan fingerprint density at radius 2 is 1.71 bits per heavy atom. The lowest BCUT2D eigenvalue weighted by molar-refractivity contribution is -0.137. The first-order chi connectivity index (χ1) is 16.8. The fraction of sp³-hybridized carbons (Fsp3) is 0.148. The van der Waals surface area contributed by atoms with Gasteiger partial charge in [0, 0.05) is 41.7 Å². The van der Waals surface area contributed by atoms with Gasteiger partial charge in [0.15, 0.2) is 0 Å². The van der Waals surface area contributed by atoms with Crippen LogP contribution >= 0.6 is 0 Å². The largest absolute Gasteiger partial charge is 0.481 e. The van der Waals surface area contributed by atoms with Gasteiger partial charge in [0.2, 0.25) is 5.88 Å². The maximum Gasteiger partial charge on any atom is 0.416 e. The summed E-state index contributed by atoms with van der Waals surface area (Å²) in [5, 5.41) is 2.77. The monoisotopic (exact) mass is 477 g/mol. The Bertz CT molecular complexity index is 1310. The topological polar surface area (TPSA) is 64.1 Å². The second-order valence-corrected chi connectivity index (χ2v) is 7.78. The smallest absolute Gasteiger partial charge is 0.416 e. The minimum atomic E-state index is -4.40. The zero-order chi connectivity index (χ0) is 24.8. The Labute approximate surface area is 200 Å². The molecule has 0 bridgehead atoms. The number of nitrogens with zero attached hydrogens (tertiary/aromatic N) is 2. The highest BCUT2D eigenvalue weighted by Crippen LogP contribution is 2.32. The van der Waals surface area contributed by atoms with Crippen molar-refractivity contribution in [2.24, 2.45) is 0 Å². The van der Waals surface area contributed by atoms with Gasteiger partial charge >= 0.3 is 6.18 Å². The number of aromatic nitrogens is 2. The summed E-state index contributed by atoms with van der Waals surface area (Å²) in [6.45, 7) is 0.181. The Balaban J connectivity index is 1.55. The van der Waals surface area contributed by atoms with Gasteiger partial charge in [-0.15, -0.1) is 0 Å². The van der Waals surface area contributed by atoms with Gasteiger partial charge in [-0.1, -0.05) is 48.5 Å². The first-order valence-corrected chi connectivity index (χ1v) is 10.9. The van der Waals surface area contributed by atoms with Crippen molar-refractivity contribution >= 4 is 5.91 Å². The number of pyridine rings is 2. The van der Waals surface area contributed by atoms with Gasteiger partial charge in [0.25, 0.3) is 5.91 Å². The molecule has 0 aliphatic heterocycles. The third kappa shape index (κ3) is 5.84. The lowest BCUT2D eigenvalue weighted by Gasteiger charge is -2.12. The van der Waals surface area contributed by atoms with E-state index >= 15 is 0 Å². The molecule has 0 saturated carbocycles. The van der Waals surface area contributed by atoms with Crippen LogP contribution in [-0.2, 0) is 12.6 Å². The molecule has 0 spiro atoms. The molecule has 1 N–H and O–H groups in total. The van der Waals surface area contributed by atoms with Crippen molar-refractivity contribution in [2.75, 3.05) is 13.7 Å². The van der Waals surface area contributed by atoms with Crippen LogP contribution in [0.5, 0.6) is 5.88 Å². The van der Waals surface area contributed by atoms with E-state index in [-0.39, 0.29) is 18.9 Å². The number of carbonyl (C=O) groups excluding carboxylic acids is 1. The summed E-state index contributed by atoms with van der Waals surface area (Å²) in [5.41, 5.74) is 3.17. The van der Waals surface area contributed by atoms with Crippen LogP contribution < -0.4 is 10.1 Å². The second-order valence-electron chi connectivity index (χ2n) is 7.78. The van der Waals surface area contributed by atoms with Crippen LogP contribution in [0.1, 0.15) is 21.5 Å². The molecule has 0 aliphatic rings. The first kappa shape index (κ1) is 23.9. The number of halogens is 3. The number of carbonyl (C=O) groups is 1. The lowest BCUT2D eigenvalue weighted by Crippen LogP contribution is -2.26. The Hall–Kier alpha value is -4.20. The molecule has 5 nitrogen and oxygen atoms in total. The maximum atomic E-state index is 12.9. The third-order valence-corrected chi connectivity index (χ3v) is 5.41. The minimum Gasteiger partial charge on any atom is -0.481 e. The van der Waals surface area contributed by atoms with Gasteiger partial charge in [-0.05, 0) is 30.2 Å². The number of benzene rings is 2. The van der Waals surface area contributed by atoms with E-state index < -0.39 is 11.7 Å². The molecule has 178 valence electrons. The average molecular weight is 477 g/mol. The number of hydrogen-bond donors (Lipinski definition) is 1. The van der Waals surface area contributed by atoms with E-state index in [0.717, 1.165) is 28.8 Å². The van der Waals surface area contributed by atoms with E-state index in [9.17, 15) is 18.0 Å². The number of methoxy groups -OCH3 is 1. The number of hydrogen-bond acceptors (Lipinski definition) is 4. The van der Waals surface area contributed by atoms with Crippen molar-refractivity contribution in [1.29, 1.82) is 0 Å². The van der Waals surface area contributed by atoms with Gasteiger partial charge in [-0.3, -0.25) is 9.78 Å². The molecule has 2 heterocycles. The van der Waals surface area contributed by atoms with E-state index in [1.54, 1.807) is 24.4 Å². The van der Waals surface area contributed by atoms with Crippen LogP contribution in [0.3, 0.4) is 0 Å².